The number of hydrogen-bond acceptors (Lipinski definition) is 20. The predicted molar refractivity (Wildman–Crippen MR) is 328 cm³/mol. The van der Waals surface area contributed by atoms with Crippen molar-refractivity contribution in [1.82, 2.24) is 24.0 Å². The number of nitrogens with one attached hydrogen (secondary N) is 2. The molecule has 0 aliphatic carbocycles. The van der Waals surface area contributed by atoms with Gasteiger partial charge in [-0.2, -0.15) is 24.5 Å². The Kier molecular flexibility index (Phi) is 15.1. The SMILES string of the molecule is C[Si](C)(CCCNC(=O)CCCN(CCCS(=O)(=O)[O-])CCCS(=O)(=O)ON)O[Si-2]123(O[Si](C)(C)CCCNC(=O)COCC(=O)ON)n4c5c6ccccc6c4N=C4c6ccccc6C(=[N+]41)N=c1c4ccccc4c(n12)=NC1=[N+]3C(=N5)c2ccccc21. The number of rotatable bonds is 29. The van der Waals surface area contributed by atoms with Crippen molar-refractivity contribution in [2.75, 3.05) is 57.4 Å². The van der Waals surface area contributed by atoms with Crippen LogP contribution in [-0.4, -0.2) is 166 Å². The van der Waals surface area contributed by atoms with Gasteiger partial charge in [-0.05, 0) is 12.8 Å². The molecule has 6 aliphatic heterocycles. The molecule has 2 amide bonds. The van der Waals surface area contributed by atoms with E-state index in [2.05, 4.69) is 111 Å². The zero-order chi connectivity index (χ0) is 61.4. The summed E-state index contributed by atoms with van der Waals surface area (Å²) >= 11 is 0. The van der Waals surface area contributed by atoms with Crippen LogP contribution in [0.2, 0.25) is 38.3 Å². The number of carbonyl (C=O) groups excluding carboxylic acids is 3. The van der Waals surface area contributed by atoms with Crippen molar-refractivity contribution in [3.63, 3.8) is 0 Å². The van der Waals surface area contributed by atoms with Gasteiger partial charge in [0, 0.05) is 5.75 Å². The first-order valence-electron chi connectivity index (χ1n) is 29.0. The van der Waals surface area contributed by atoms with Crippen LogP contribution in [0.3, 0.4) is 0 Å². The minimum absolute atomic E-state index is 0.0392. The normalized spacial score (nSPS) is 17.6. The molecule has 8 heterocycles. The molecule has 6 N–H and O–H groups in total. The van der Waals surface area contributed by atoms with Gasteiger partial charge in [0.05, 0.1) is 15.9 Å². The van der Waals surface area contributed by atoms with Crippen LogP contribution in [-0.2, 0) is 56.7 Å². The number of benzene rings is 4. The summed E-state index contributed by atoms with van der Waals surface area (Å²) in [4.78, 5) is 67.7. The van der Waals surface area contributed by atoms with Gasteiger partial charge < -0.3 is 4.55 Å². The Bertz CT molecular complexity index is 4280. The second-order valence-electron chi connectivity index (χ2n) is 23.9. The summed E-state index contributed by atoms with van der Waals surface area (Å²) < 4.78 is 94.8. The van der Waals surface area contributed by atoms with E-state index in [1.807, 2.05) is 53.4 Å². The summed E-state index contributed by atoms with van der Waals surface area (Å²) in [5, 5.41) is 9.39. The van der Waals surface area contributed by atoms with Gasteiger partial charge in [0.25, 0.3) is 10.1 Å². The molecule has 0 saturated heterocycles. The van der Waals surface area contributed by atoms with E-state index in [0.29, 0.717) is 83.8 Å². The molecule has 4 aromatic carbocycles. The molecule has 2 aromatic heterocycles. The molecule has 6 aromatic rings. The summed E-state index contributed by atoms with van der Waals surface area (Å²) in [7, 11) is -22.3. The third-order valence-electron chi connectivity index (χ3n) is 17.0. The summed E-state index contributed by atoms with van der Waals surface area (Å²) in [6.45, 7) is 9.19. The van der Waals surface area contributed by atoms with E-state index in [4.69, 9.17) is 40.6 Å². The van der Waals surface area contributed by atoms with Crippen LogP contribution in [0.25, 0.3) is 21.5 Å². The van der Waals surface area contributed by atoms with E-state index in [1.54, 1.807) is 0 Å². The molecular formula is C56H68N13O13S2Si3-. The van der Waals surface area contributed by atoms with E-state index >= 15 is 0 Å². The monoisotopic (exact) mass is 1280 g/mol. The zero-order valence-electron chi connectivity index (χ0n) is 48.6. The fraction of sp³-hybridized carbons (Fsp3) is 0.375. The second-order valence-corrected chi connectivity index (χ2v) is 41.4. The van der Waals surface area contributed by atoms with Crippen LogP contribution in [0, 0.1) is 0 Å². The quantitative estimate of drug-likeness (QED) is 0.0227. The van der Waals surface area contributed by atoms with Crippen molar-refractivity contribution in [1.29, 1.82) is 0 Å². The molecule has 0 unspecified atom stereocenters. The van der Waals surface area contributed by atoms with Gasteiger partial charge in [-0.25, -0.2) is 8.42 Å². The Morgan fingerprint density at radius 3 is 1.55 bits per heavy atom. The molecule has 0 bridgehead atoms. The average Bonchev–Trinajstić information content (AvgIpc) is 1.52. The summed E-state index contributed by atoms with van der Waals surface area (Å²) in [5.74, 6) is 11.0. The molecule has 12 rings (SSSR count). The molecule has 6 aliphatic rings. The first-order chi connectivity index (χ1) is 41.5. The Hall–Kier alpha value is -7.12. The van der Waals surface area contributed by atoms with Crippen molar-refractivity contribution < 1.29 is 66.3 Å². The summed E-state index contributed by atoms with van der Waals surface area (Å²) in [5.41, 5.74) is 4.47. The maximum absolute atomic E-state index is 13.8. The van der Waals surface area contributed by atoms with E-state index < -0.39 is 68.9 Å². The molecule has 26 nitrogen and oxygen atoms in total. The van der Waals surface area contributed by atoms with E-state index in [1.165, 1.54) is 0 Å². The Balaban J connectivity index is 0.986. The van der Waals surface area contributed by atoms with Crippen LogP contribution in [0.1, 0.15) is 60.8 Å². The van der Waals surface area contributed by atoms with Gasteiger partial charge in [-0.3, -0.25) is 0 Å². The second kappa shape index (κ2) is 21.9. The van der Waals surface area contributed by atoms with Crippen molar-refractivity contribution in [3.05, 3.63) is 130 Å². The molecular weight excluding hydrogens is 1210 g/mol. The van der Waals surface area contributed by atoms with Crippen LogP contribution in [0.4, 0.5) is 11.6 Å². The number of hydrogen-bond donors (Lipinski definition) is 4. The first-order valence-corrected chi connectivity index (χ1v) is 41.0. The average molecular weight is 1280 g/mol. The number of nitrogens with two attached hydrogens (primary N) is 2. The van der Waals surface area contributed by atoms with Crippen LogP contribution < -0.4 is 33.4 Å². The third kappa shape index (κ3) is 9.64. The number of nitrogens with zero attached hydrogens (tertiary/aromatic N) is 9. The standard InChI is InChI=1S/C56H69N13O13S2Si3/c1-85(2,34-14-27-59-46(70)26-13-29-65(30-16-32-83(73,74)75)31-17-33-84(76,77)80-58)81-87(82-86(3,4)35-15-28-60-47(71)36-78-37-48(72)79-57)66-49-38-18-5-6-19-39(38)50(66)62-52-42-22-9-10-23-43(42)54(68(52)87)64-56-45-25-12-11-24-44(45)55(69(56)87)63-53-41-21-8-7-20-40(41)51(61-49)67(53)87/h5-12,18-25H,13-17,26-37,57-58H2,1-4H3,(H,59,70)(H,60,71)(H,73,74,75)/p-1. The van der Waals surface area contributed by atoms with E-state index in [0.717, 1.165) is 43.8 Å². The number of amides is 2. The molecule has 0 radical (unpaired) electrons. The molecule has 87 heavy (non-hydrogen) atoms. The first kappa shape index (κ1) is 60.2. The van der Waals surface area contributed by atoms with Crippen LogP contribution in [0.15, 0.2) is 117 Å². The number of aliphatic imine (C=N–C) groups is 2. The number of fused-ring (bicyclic) bond motifs is 12. The Labute approximate surface area is 503 Å². The van der Waals surface area contributed by atoms with Gasteiger partial charge >= 0.3 is 424 Å². The van der Waals surface area contributed by atoms with Crippen LogP contribution in [0.5, 0.6) is 0 Å². The number of aromatic nitrogens is 2. The van der Waals surface area contributed by atoms with E-state index in [-0.39, 0.29) is 63.7 Å². The van der Waals surface area contributed by atoms with Gasteiger partial charge in [0.15, 0.2) is 0 Å². The molecule has 0 atom stereocenters. The summed E-state index contributed by atoms with van der Waals surface area (Å²) in [6, 6.07) is 33.5. The van der Waals surface area contributed by atoms with Gasteiger partial charge in [0.2, 0.25) is 0 Å². The molecule has 0 fully saturated rings. The fourth-order valence-electron chi connectivity index (χ4n) is 13.9. The number of carbonyl (C=O) groups is 3. The topological polar surface area (TPSA) is 333 Å². The molecule has 460 valence electrons. The minimum atomic E-state index is -7.07. The fourth-order valence-corrected chi connectivity index (χ4v) is 37.3. The van der Waals surface area contributed by atoms with Gasteiger partial charge in [0.1, 0.15) is 0 Å². The number of ether oxygens (including phenoxy) is 1. The van der Waals surface area contributed by atoms with Crippen molar-refractivity contribution in [2.45, 2.75) is 76.8 Å². The Morgan fingerprint density at radius 1 is 0.598 bits per heavy atom. The number of amidine groups is 4. The van der Waals surface area contributed by atoms with Gasteiger partial charge in [-0.1, -0.05) is 0 Å². The van der Waals surface area contributed by atoms with Crippen molar-refractivity contribution >= 4 is 119 Å². The maximum atomic E-state index is 13.8. The van der Waals surface area contributed by atoms with Crippen LogP contribution >= 0.6 is 0 Å². The summed E-state index contributed by atoms with van der Waals surface area (Å²) in [6.07, 6.45) is 1.61. The Morgan fingerprint density at radius 2 is 1.06 bits per heavy atom. The molecule has 1 spiro atoms. The molecule has 31 heteroatoms. The molecule has 0 saturated carbocycles. The zero-order valence-corrected chi connectivity index (χ0v) is 53.2. The van der Waals surface area contributed by atoms with Crippen molar-refractivity contribution in [3.8, 4) is 0 Å². The predicted octanol–water partition coefficient (Wildman–Crippen LogP) is 2.84. The third-order valence-corrected chi connectivity index (χ3v) is 35.6. The van der Waals surface area contributed by atoms with Crippen molar-refractivity contribution in [2.24, 2.45) is 31.8 Å². The van der Waals surface area contributed by atoms with Gasteiger partial charge in [-0.15, -0.1) is 0 Å². The van der Waals surface area contributed by atoms with E-state index in [9.17, 15) is 39.9 Å².